The van der Waals surface area contributed by atoms with E-state index in [0.717, 1.165) is 62.1 Å². The van der Waals surface area contributed by atoms with Crippen molar-refractivity contribution in [3.05, 3.63) is 48.0 Å². The van der Waals surface area contributed by atoms with Crippen molar-refractivity contribution in [2.75, 3.05) is 23.7 Å². The number of benzene rings is 1. The van der Waals surface area contributed by atoms with Gasteiger partial charge in [0, 0.05) is 31.0 Å². The van der Waals surface area contributed by atoms with E-state index >= 15 is 0 Å². The Balaban J connectivity index is 1.40. The van der Waals surface area contributed by atoms with Crippen LogP contribution in [0.4, 0.5) is 12.0 Å². The van der Waals surface area contributed by atoms with Crippen LogP contribution in [0.1, 0.15) is 43.5 Å². The second-order valence-corrected chi connectivity index (χ2v) is 7.96. The number of hydrogen-bond donors (Lipinski definition) is 2. The van der Waals surface area contributed by atoms with Crippen LogP contribution in [0, 0.1) is 0 Å². The fraction of sp³-hybridized carbons (Fsp3) is 0.429. The Bertz CT molecular complexity index is 973. The molecule has 0 radical (unpaired) electrons. The Kier molecular flexibility index (Phi) is 4.43. The first-order valence-electron chi connectivity index (χ1n) is 10.1. The summed E-state index contributed by atoms with van der Waals surface area (Å²) in [5.41, 5.74) is 8.57. The third-order valence-electron chi connectivity index (χ3n) is 6.23. The number of nitrogens with zero attached hydrogens (tertiary/aromatic N) is 5. The molecule has 1 aromatic carbocycles. The average Bonchev–Trinajstić information content (AvgIpc) is 3.19. The summed E-state index contributed by atoms with van der Waals surface area (Å²) in [6, 6.07) is 9.00. The van der Waals surface area contributed by atoms with Crippen LogP contribution < -0.4 is 10.6 Å². The van der Waals surface area contributed by atoms with Gasteiger partial charge in [-0.3, -0.25) is 0 Å². The zero-order chi connectivity index (χ0) is 19.8. The van der Waals surface area contributed by atoms with Crippen molar-refractivity contribution in [1.29, 1.82) is 0 Å². The van der Waals surface area contributed by atoms with Gasteiger partial charge in [-0.05, 0) is 36.8 Å². The summed E-state index contributed by atoms with van der Waals surface area (Å²) in [5.74, 6) is 1.03. The molecule has 3 N–H and O–H groups in total. The van der Waals surface area contributed by atoms with Crippen molar-refractivity contribution in [3.63, 3.8) is 0 Å². The Morgan fingerprint density at radius 1 is 1.03 bits per heavy atom. The van der Waals surface area contributed by atoms with Gasteiger partial charge in [0.05, 0.1) is 11.5 Å². The third-order valence-corrected chi connectivity index (χ3v) is 6.23. The highest BCUT2D eigenvalue weighted by molar-refractivity contribution is 5.62. The minimum Gasteiger partial charge on any atom is -0.393 e. The van der Waals surface area contributed by atoms with E-state index in [1.807, 2.05) is 0 Å². The lowest BCUT2D eigenvalue weighted by atomic mass is 9.64. The average molecular weight is 392 g/mol. The molecule has 5 rings (SSSR count). The van der Waals surface area contributed by atoms with Gasteiger partial charge in [0.2, 0.25) is 5.95 Å². The van der Waals surface area contributed by atoms with Crippen molar-refractivity contribution < 1.29 is 9.63 Å². The highest BCUT2D eigenvalue weighted by Gasteiger charge is 2.44. The topological polar surface area (TPSA) is 114 Å². The summed E-state index contributed by atoms with van der Waals surface area (Å²) in [6.07, 6.45) is 7.88. The molecule has 0 spiro atoms. The molecule has 0 amide bonds. The number of anilines is 2. The lowest BCUT2D eigenvalue weighted by Crippen LogP contribution is -2.37. The molecule has 1 aliphatic carbocycles. The number of aliphatic hydroxyl groups excluding tert-OH is 1. The number of piperidine rings is 1. The van der Waals surface area contributed by atoms with Gasteiger partial charge < -0.3 is 20.3 Å². The van der Waals surface area contributed by atoms with Crippen LogP contribution in [-0.4, -0.2) is 44.4 Å². The molecule has 2 fully saturated rings. The maximum absolute atomic E-state index is 9.72. The standard InChI is InChI=1S/C21H24N6O2/c22-19-23-12-15(13-24-19)14-2-4-16(5-3-14)21(8-1-9-21)18-25-20(29-26-18)27-10-6-17(28)7-11-27/h2-5,12-13,17,28H,1,6-11H2,(H2,22,23,24). The zero-order valence-electron chi connectivity index (χ0n) is 16.2. The molecule has 2 aromatic heterocycles. The van der Waals surface area contributed by atoms with E-state index in [-0.39, 0.29) is 17.5 Å². The number of rotatable bonds is 4. The van der Waals surface area contributed by atoms with Crippen molar-refractivity contribution in [2.24, 2.45) is 0 Å². The van der Waals surface area contributed by atoms with Gasteiger partial charge in [-0.25, -0.2) is 9.97 Å². The monoisotopic (exact) mass is 392 g/mol. The number of aromatic nitrogens is 4. The van der Waals surface area contributed by atoms with E-state index in [9.17, 15) is 5.11 Å². The van der Waals surface area contributed by atoms with Gasteiger partial charge in [-0.2, -0.15) is 4.98 Å². The van der Waals surface area contributed by atoms with E-state index in [2.05, 4.69) is 44.3 Å². The summed E-state index contributed by atoms with van der Waals surface area (Å²) >= 11 is 0. The number of hydrogen-bond acceptors (Lipinski definition) is 8. The van der Waals surface area contributed by atoms with E-state index in [1.165, 1.54) is 5.56 Å². The summed E-state index contributed by atoms with van der Waals surface area (Å²) < 4.78 is 5.60. The number of aliphatic hydroxyl groups is 1. The van der Waals surface area contributed by atoms with Gasteiger partial charge >= 0.3 is 6.01 Å². The van der Waals surface area contributed by atoms with Gasteiger partial charge in [0.25, 0.3) is 0 Å². The molecular weight excluding hydrogens is 368 g/mol. The molecule has 0 bridgehead atoms. The lowest BCUT2D eigenvalue weighted by Gasteiger charge is -2.39. The van der Waals surface area contributed by atoms with Gasteiger partial charge in [-0.15, -0.1) is 0 Å². The van der Waals surface area contributed by atoms with E-state index < -0.39 is 0 Å². The van der Waals surface area contributed by atoms with E-state index in [1.54, 1.807) is 12.4 Å². The smallest absolute Gasteiger partial charge is 0.324 e. The second kappa shape index (κ2) is 7.11. The summed E-state index contributed by atoms with van der Waals surface area (Å²) in [7, 11) is 0. The predicted molar refractivity (Wildman–Crippen MR) is 108 cm³/mol. The SMILES string of the molecule is Nc1ncc(-c2ccc(C3(c4noc(N5CCC(O)CC5)n4)CCC3)cc2)cn1. The minimum absolute atomic E-state index is 0.187. The molecule has 1 saturated heterocycles. The maximum Gasteiger partial charge on any atom is 0.324 e. The summed E-state index contributed by atoms with van der Waals surface area (Å²) in [6.45, 7) is 1.49. The van der Waals surface area contributed by atoms with Gasteiger partial charge in [0.15, 0.2) is 5.82 Å². The van der Waals surface area contributed by atoms with Crippen LogP contribution in [0.15, 0.2) is 41.2 Å². The molecule has 1 saturated carbocycles. The fourth-order valence-corrected chi connectivity index (χ4v) is 4.24. The third kappa shape index (κ3) is 3.23. The molecule has 3 aromatic rings. The van der Waals surface area contributed by atoms with Gasteiger partial charge in [-0.1, -0.05) is 35.8 Å². The predicted octanol–water partition coefficient (Wildman–Crippen LogP) is 2.54. The molecule has 0 atom stereocenters. The summed E-state index contributed by atoms with van der Waals surface area (Å²) in [4.78, 5) is 15.0. The molecule has 2 aliphatic rings. The quantitative estimate of drug-likeness (QED) is 0.696. The van der Waals surface area contributed by atoms with Gasteiger partial charge in [0.1, 0.15) is 0 Å². The minimum atomic E-state index is -0.225. The molecule has 29 heavy (non-hydrogen) atoms. The summed E-state index contributed by atoms with van der Waals surface area (Å²) in [5, 5.41) is 14.1. The van der Waals surface area contributed by atoms with Crippen molar-refractivity contribution in [2.45, 2.75) is 43.6 Å². The fourth-order valence-electron chi connectivity index (χ4n) is 4.24. The van der Waals surface area contributed by atoms with Crippen molar-refractivity contribution in [3.8, 4) is 11.1 Å². The lowest BCUT2D eigenvalue weighted by molar-refractivity contribution is 0.143. The molecule has 0 unspecified atom stereocenters. The van der Waals surface area contributed by atoms with Crippen LogP contribution in [0.5, 0.6) is 0 Å². The van der Waals surface area contributed by atoms with Crippen LogP contribution in [0.25, 0.3) is 11.1 Å². The Morgan fingerprint density at radius 2 is 1.72 bits per heavy atom. The molecular formula is C21H24N6O2. The highest BCUT2D eigenvalue weighted by atomic mass is 16.5. The molecule has 8 nitrogen and oxygen atoms in total. The van der Waals surface area contributed by atoms with E-state index in [0.29, 0.717) is 6.01 Å². The first-order valence-corrected chi connectivity index (χ1v) is 10.1. The van der Waals surface area contributed by atoms with Crippen LogP contribution in [0.3, 0.4) is 0 Å². The zero-order valence-corrected chi connectivity index (χ0v) is 16.2. The Hall–Kier alpha value is -3.00. The molecule has 8 heteroatoms. The second-order valence-electron chi connectivity index (χ2n) is 7.96. The van der Waals surface area contributed by atoms with E-state index in [4.69, 9.17) is 15.2 Å². The normalized spacial score (nSPS) is 19.1. The highest BCUT2D eigenvalue weighted by Crippen LogP contribution is 2.48. The van der Waals surface area contributed by atoms with Crippen LogP contribution >= 0.6 is 0 Å². The van der Waals surface area contributed by atoms with Crippen molar-refractivity contribution >= 4 is 12.0 Å². The first-order chi connectivity index (χ1) is 14.1. The Morgan fingerprint density at radius 3 is 2.34 bits per heavy atom. The molecule has 150 valence electrons. The van der Waals surface area contributed by atoms with Crippen LogP contribution in [0.2, 0.25) is 0 Å². The van der Waals surface area contributed by atoms with Crippen molar-refractivity contribution in [1.82, 2.24) is 20.1 Å². The first kappa shape index (κ1) is 18.1. The van der Waals surface area contributed by atoms with Crippen LogP contribution in [-0.2, 0) is 5.41 Å². The number of nitrogen functional groups attached to an aromatic ring is 1. The Labute approximate surface area is 168 Å². The largest absolute Gasteiger partial charge is 0.393 e. The maximum atomic E-state index is 9.72. The molecule has 1 aliphatic heterocycles. The molecule has 3 heterocycles. The number of nitrogens with two attached hydrogens (primary N) is 1.